The lowest BCUT2D eigenvalue weighted by atomic mass is 9.98. The van der Waals surface area contributed by atoms with Crippen molar-refractivity contribution in [2.75, 3.05) is 7.11 Å². The number of methoxy groups -OCH3 is 1. The molecule has 0 aliphatic carbocycles. The maximum atomic E-state index is 10.8. The molecule has 0 saturated carbocycles. The van der Waals surface area contributed by atoms with Gasteiger partial charge in [-0.1, -0.05) is 0 Å². The van der Waals surface area contributed by atoms with Crippen LogP contribution in [0.3, 0.4) is 0 Å². The summed E-state index contributed by atoms with van der Waals surface area (Å²) in [5.41, 5.74) is 4.40. The number of aryl methyl sites for hydroxylation is 2. The molecule has 19 heavy (non-hydrogen) atoms. The van der Waals surface area contributed by atoms with Crippen molar-refractivity contribution >= 4 is 5.97 Å². The molecule has 0 aliphatic rings. The lowest BCUT2D eigenvalue weighted by Gasteiger charge is -2.11. The third kappa shape index (κ3) is 2.59. The highest BCUT2D eigenvalue weighted by Gasteiger charge is 2.14. The minimum Gasteiger partial charge on any atom is -0.496 e. The van der Waals surface area contributed by atoms with Crippen LogP contribution in [0.25, 0.3) is 11.3 Å². The van der Waals surface area contributed by atoms with Crippen LogP contribution in [0.4, 0.5) is 0 Å². The molecule has 5 nitrogen and oxygen atoms in total. The summed E-state index contributed by atoms with van der Waals surface area (Å²) >= 11 is 0. The van der Waals surface area contributed by atoms with Gasteiger partial charge in [0, 0.05) is 11.1 Å². The van der Waals surface area contributed by atoms with Crippen molar-refractivity contribution in [2.24, 2.45) is 0 Å². The number of hydrogen-bond donors (Lipinski definition) is 2. The summed E-state index contributed by atoms with van der Waals surface area (Å²) in [6.45, 7) is 3.91. The molecule has 0 bridgehead atoms. The van der Waals surface area contributed by atoms with Gasteiger partial charge in [-0.2, -0.15) is 5.10 Å². The second-order valence-electron chi connectivity index (χ2n) is 4.48. The molecule has 0 saturated heterocycles. The number of H-pyrrole nitrogens is 1. The molecular formula is C14H16N2O3. The van der Waals surface area contributed by atoms with Crippen LogP contribution in [0.15, 0.2) is 18.3 Å². The van der Waals surface area contributed by atoms with Crippen LogP contribution in [0, 0.1) is 13.8 Å². The molecule has 0 atom stereocenters. The van der Waals surface area contributed by atoms with Crippen LogP contribution in [0.5, 0.6) is 5.75 Å². The molecule has 0 amide bonds. The van der Waals surface area contributed by atoms with E-state index in [9.17, 15) is 4.79 Å². The van der Waals surface area contributed by atoms with Gasteiger partial charge in [-0.15, -0.1) is 0 Å². The smallest absolute Gasteiger partial charge is 0.307 e. The van der Waals surface area contributed by atoms with Gasteiger partial charge >= 0.3 is 5.97 Å². The van der Waals surface area contributed by atoms with Crippen molar-refractivity contribution in [3.8, 4) is 17.0 Å². The number of hydrogen-bond acceptors (Lipinski definition) is 3. The van der Waals surface area contributed by atoms with E-state index in [0.29, 0.717) is 5.56 Å². The standard InChI is InChI=1S/C14H16N2O3/c1-8-5-12(19-3)9(2)4-11(8)14-10(6-13(17)18)7-15-16-14/h4-5,7H,6H2,1-3H3,(H,15,16)(H,17,18). The van der Waals surface area contributed by atoms with E-state index in [1.165, 1.54) is 0 Å². The van der Waals surface area contributed by atoms with Crippen molar-refractivity contribution in [2.45, 2.75) is 20.3 Å². The molecule has 0 aliphatic heterocycles. The minimum absolute atomic E-state index is 0.0453. The first-order valence-electron chi connectivity index (χ1n) is 5.92. The normalized spacial score (nSPS) is 10.5. The molecule has 1 heterocycles. The number of aromatic nitrogens is 2. The first-order valence-corrected chi connectivity index (χ1v) is 5.92. The van der Waals surface area contributed by atoms with Gasteiger partial charge in [0.05, 0.1) is 25.4 Å². The number of nitrogens with one attached hydrogen (secondary N) is 1. The summed E-state index contributed by atoms with van der Waals surface area (Å²) < 4.78 is 5.27. The van der Waals surface area contributed by atoms with Crippen LogP contribution in [-0.2, 0) is 11.2 Å². The van der Waals surface area contributed by atoms with Gasteiger partial charge in [-0.05, 0) is 37.1 Å². The highest BCUT2D eigenvalue weighted by Crippen LogP contribution is 2.30. The predicted molar refractivity (Wildman–Crippen MR) is 71.4 cm³/mol. The molecular weight excluding hydrogens is 244 g/mol. The topological polar surface area (TPSA) is 75.2 Å². The number of carbonyl (C=O) groups is 1. The highest BCUT2D eigenvalue weighted by atomic mass is 16.5. The van der Waals surface area contributed by atoms with Crippen molar-refractivity contribution in [3.63, 3.8) is 0 Å². The Hall–Kier alpha value is -2.30. The quantitative estimate of drug-likeness (QED) is 0.884. The highest BCUT2D eigenvalue weighted by molar-refractivity contribution is 5.76. The molecule has 0 unspecified atom stereocenters. The Bertz CT molecular complexity index is 617. The first-order chi connectivity index (χ1) is 9.02. The third-order valence-electron chi connectivity index (χ3n) is 3.07. The summed E-state index contributed by atoms with van der Waals surface area (Å²) in [5, 5.41) is 15.7. The van der Waals surface area contributed by atoms with Crippen LogP contribution in [0.1, 0.15) is 16.7 Å². The van der Waals surface area contributed by atoms with E-state index in [-0.39, 0.29) is 6.42 Å². The fourth-order valence-corrected chi connectivity index (χ4v) is 2.12. The van der Waals surface area contributed by atoms with Crippen LogP contribution in [-0.4, -0.2) is 28.4 Å². The molecule has 0 radical (unpaired) electrons. The fourth-order valence-electron chi connectivity index (χ4n) is 2.12. The summed E-state index contributed by atoms with van der Waals surface area (Å²) in [6, 6.07) is 3.92. The third-order valence-corrected chi connectivity index (χ3v) is 3.07. The lowest BCUT2D eigenvalue weighted by molar-refractivity contribution is -0.136. The Morgan fingerprint density at radius 1 is 1.37 bits per heavy atom. The Labute approximate surface area is 111 Å². The van der Waals surface area contributed by atoms with Gasteiger partial charge in [-0.25, -0.2) is 0 Å². The summed E-state index contributed by atoms with van der Waals surface area (Å²) in [7, 11) is 1.63. The largest absolute Gasteiger partial charge is 0.496 e. The number of nitrogens with zero attached hydrogens (tertiary/aromatic N) is 1. The number of aliphatic carboxylic acids is 1. The second-order valence-corrected chi connectivity index (χ2v) is 4.48. The Balaban J connectivity index is 2.50. The number of aromatic amines is 1. The Kier molecular flexibility index (Phi) is 3.55. The van der Waals surface area contributed by atoms with E-state index in [4.69, 9.17) is 9.84 Å². The van der Waals surface area contributed by atoms with E-state index >= 15 is 0 Å². The summed E-state index contributed by atoms with van der Waals surface area (Å²) in [4.78, 5) is 10.8. The van der Waals surface area contributed by atoms with Crippen LogP contribution >= 0.6 is 0 Å². The van der Waals surface area contributed by atoms with E-state index in [1.54, 1.807) is 13.3 Å². The van der Waals surface area contributed by atoms with Gasteiger partial charge in [-0.3, -0.25) is 9.89 Å². The molecule has 2 N–H and O–H groups in total. The summed E-state index contributed by atoms with van der Waals surface area (Å²) in [5.74, 6) is -0.0499. The van der Waals surface area contributed by atoms with Crippen molar-refractivity contribution < 1.29 is 14.6 Å². The van der Waals surface area contributed by atoms with E-state index in [1.807, 2.05) is 26.0 Å². The molecule has 5 heteroatoms. The lowest BCUT2D eigenvalue weighted by Crippen LogP contribution is -2.01. The van der Waals surface area contributed by atoms with Crippen molar-refractivity contribution in [1.29, 1.82) is 0 Å². The maximum absolute atomic E-state index is 10.8. The second kappa shape index (κ2) is 5.14. The van der Waals surface area contributed by atoms with Crippen LogP contribution in [0.2, 0.25) is 0 Å². The van der Waals surface area contributed by atoms with Gasteiger partial charge in [0.15, 0.2) is 0 Å². The molecule has 1 aromatic carbocycles. The number of ether oxygens (including phenoxy) is 1. The number of carboxylic acids is 1. The molecule has 1 aromatic heterocycles. The molecule has 2 aromatic rings. The minimum atomic E-state index is -0.870. The monoisotopic (exact) mass is 260 g/mol. The Morgan fingerprint density at radius 2 is 2.11 bits per heavy atom. The van der Waals surface area contributed by atoms with Crippen molar-refractivity contribution in [3.05, 3.63) is 35.0 Å². The number of rotatable bonds is 4. The van der Waals surface area contributed by atoms with Gasteiger partial charge in [0.2, 0.25) is 0 Å². The zero-order valence-corrected chi connectivity index (χ0v) is 11.2. The SMILES string of the molecule is COc1cc(C)c(-c2[nH]ncc2CC(=O)O)cc1C. The molecule has 100 valence electrons. The molecule has 0 spiro atoms. The van der Waals surface area contributed by atoms with Gasteiger partial charge in [0.25, 0.3) is 0 Å². The number of carboxylic acid groups (broad SMARTS) is 1. The van der Waals surface area contributed by atoms with Crippen molar-refractivity contribution in [1.82, 2.24) is 10.2 Å². The average molecular weight is 260 g/mol. The van der Waals surface area contributed by atoms with E-state index < -0.39 is 5.97 Å². The van der Waals surface area contributed by atoms with Gasteiger partial charge < -0.3 is 9.84 Å². The van der Waals surface area contributed by atoms with E-state index in [0.717, 1.165) is 28.1 Å². The molecule has 0 fully saturated rings. The number of benzene rings is 1. The summed E-state index contributed by atoms with van der Waals surface area (Å²) in [6.07, 6.45) is 1.51. The Morgan fingerprint density at radius 3 is 2.74 bits per heavy atom. The first kappa shape index (κ1) is 13.1. The zero-order valence-electron chi connectivity index (χ0n) is 11.2. The van der Waals surface area contributed by atoms with E-state index in [2.05, 4.69) is 10.2 Å². The fraction of sp³-hybridized carbons (Fsp3) is 0.286. The average Bonchev–Trinajstić information content (AvgIpc) is 2.78. The van der Waals surface area contributed by atoms with Gasteiger partial charge in [0.1, 0.15) is 5.75 Å². The predicted octanol–water partition coefficient (Wildman–Crippen LogP) is 2.33. The maximum Gasteiger partial charge on any atom is 0.307 e. The van der Waals surface area contributed by atoms with Crippen LogP contribution < -0.4 is 4.74 Å². The zero-order chi connectivity index (χ0) is 14.0. The molecule has 2 rings (SSSR count).